The van der Waals surface area contributed by atoms with Crippen LogP contribution in [0.4, 0.5) is 10.1 Å². The molecule has 106 valence electrons. The number of benzene rings is 1. The van der Waals surface area contributed by atoms with E-state index in [-0.39, 0.29) is 18.1 Å². The molecule has 2 rings (SSSR count). The van der Waals surface area contributed by atoms with Crippen LogP contribution in [0.25, 0.3) is 0 Å². The van der Waals surface area contributed by atoms with Gasteiger partial charge in [-0.2, -0.15) is 0 Å². The Balaban J connectivity index is 2.05. The molecule has 6 heteroatoms. The topological polar surface area (TPSA) is 71.7 Å². The first-order valence-corrected chi connectivity index (χ1v) is 6.07. The normalized spacial score (nSPS) is 10.3. The zero-order chi connectivity index (χ0) is 14.5. The Bertz CT molecular complexity index is 609. The van der Waals surface area contributed by atoms with Crippen LogP contribution in [0.2, 0.25) is 0 Å². The average molecular weight is 279 g/mol. The van der Waals surface area contributed by atoms with E-state index in [1.54, 1.807) is 19.1 Å². The first kappa shape index (κ1) is 13.9. The van der Waals surface area contributed by atoms with E-state index in [0.29, 0.717) is 17.9 Å². The molecule has 0 aliphatic rings. The lowest BCUT2D eigenvalue weighted by molar-refractivity contribution is 0.0661. The van der Waals surface area contributed by atoms with Crippen LogP contribution in [0.15, 0.2) is 34.9 Å². The van der Waals surface area contributed by atoms with Crippen molar-refractivity contribution >= 4 is 11.7 Å². The molecule has 0 aliphatic carbocycles. The zero-order valence-corrected chi connectivity index (χ0v) is 10.9. The van der Waals surface area contributed by atoms with Gasteiger partial charge in [-0.15, -0.1) is 0 Å². The number of halogens is 1. The Kier molecular flexibility index (Phi) is 4.24. The van der Waals surface area contributed by atoms with E-state index in [1.807, 2.05) is 0 Å². The molecule has 5 nitrogen and oxygen atoms in total. The molecule has 0 amide bonds. The molecule has 2 aromatic rings. The van der Waals surface area contributed by atoms with Crippen LogP contribution in [0.3, 0.4) is 0 Å². The molecule has 0 radical (unpaired) electrons. The number of carbonyl (C=O) groups is 1. The fourth-order valence-electron chi connectivity index (χ4n) is 1.74. The van der Waals surface area contributed by atoms with Crippen molar-refractivity contribution in [3.63, 3.8) is 0 Å². The van der Waals surface area contributed by atoms with Gasteiger partial charge in [0.05, 0.1) is 12.9 Å². The molecule has 0 aliphatic heterocycles. The summed E-state index contributed by atoms with van der Waals surface area (Å²) in [5.41, 5.74) is 1.02. The van der Waals surface area contributed by atoms with Gasteiger partial charge in [0.1, 0.15) is 0 Å². The molecule has 1 aromatic carbocycles. The van der Waals surface area contributed by atoms with Crippen molar-refractivity contribution < 1.29 is 23.4 Å². The van der Waals surface area contributed by atoms with Gasteiger partial charge in [0.25, 0.3) is 0 Å². The van der Waals surface area contributed by atoms with Crippen LogP contribution in [0, 0.1) is 5.82 Å². The first-order chi connectivity index (χ1) is 9.61. The average Bonchev–Trinajstić information content (AvgIpc) is 2.88. The van der Waals surface area contributed by atoms with Crippen molar-refractivity contribution in [1.82, 2.24) is 0 Å². The van der Waals surface area contributed by atoms with Crippen LogP contribution in [0.5, 0.6) is 5.75 Å². The van der Waals surface area contributed by atoms with Gasteiger partial charge in [-0.3, -0.25) is 0 Å². The predicted molar refractivity (Wildman–Crippen MR) is 70.6 cm³/mol. The third-order valence-electron chi connectivity index (χ3n) is 2.66. The van der Waals surface area contributed by atoms with E-state index in [4.69, 9.17) is 14.3 Å². The van der Waals surface area contributed by atoms with Crippen LogP contribution < -0.4 is 10.1 Å². The molecule has 0 unspecified atom stereocenters. The second kappa shape index (κ2) is 6.10. The summed E-state index contributed by atoms with van der Waals surface area (Å²) < 4.78 is 23.6. The van der Waals surface area contributed by atoms with E-state index < -0.39 is 11.8 Å². The van der Waals surface area contributed by atoms with Crippen molar-refractivity contribution in [2.45, 2.75) is 13.5 Å². The van der Waals surface area contributed by atoms with Gasteiger partial charge >= 0.3 is 5.97 Å². The smallest absolute Gasteiger partial charge is 0.372 e. The molecule has 0 atom stereocenters. The van der Waals surface area contributed by atoms with E-state index in [0.717, 1.165) is 0 Å². The number of hydrogen-bond acceptors (Lipinski definition) is 4. The molecule has 2 N–H and O–H groups in total. The van der Waals surface area contributed by atoms with Gasteiger partial charge in [0.2, 0.25) is 5.76 Å². The van der Waals surface area contributed by atoms with Crippen molar-refractivity contribution in [3.05, 3.63) is 47.7 Å². The molecule has 0 saturated heterocycles. The zero-order valence-electron chi connectivity index (χ0n) is 10.9. The summed E-state index contributed by atoms with van der Waals surface area (Å²) in [6.45, 7) is 2.39. The standard InChI is InChI=1S/C14H14FNO4/c1-2-19-12-4-3-10(7-11(12)15)16-8-9-5-6-20-13(9)14(17)18/h3-7,16H,2,8H2,1H3,(H,17,18). The molecule has 20 heavy (non-hydrogen) atoms. The highest BCUT2D eigenvalue weighted by Crippen LogP contribution is 2.22. The monoisotopic (exact) mass is 279 g/mol. The lowest BCUT2D eigenvalue weighted by Gasteiger charge is -2.08. The number of carboxylic acids is 1. The minimum absolute atomic E-state index is 0.121. The third kappa shape index (κ3) is 3.09. The second-order valence-corrected chi connectivity index (χ2v) is 4.01. The van der Waals surface area contributed by atoms with Gasteiger partial charge in [0.15, 0.2) is 11.6 Å². The number of ether oxygens (including phenoxy) is 1. The summed E-state index contributed by atoms with van der Waals surface area (Å²) >= 11 is 0. The highest BCUT2D eigenvalue weighted by Gasteiger charge is 2.13. The van der Waals surface area contributed by atoms with Crippen molar-refractivity contribution in [2.75, 3.05) is 11.9 Å². The molecular weight excluding hydrogens is 265 g/mol. The number of rotatable bonds is 6. The Hall–Kier alpha value is -2.50. The van der Waals surface area contributed by atoms with E-state index in [1.165, 1.54) is 18.4 Å². The highest BCUT2D eigenvalue weighted by molar-refractivity contribution is 5.86. The SMILES string of the molecule is CCOc1ccc(NCc2ccoc2C(=O)O)cc1F. The molecule has 0 saturated carbocycles. The Morgan fingerprint density at radius 2 is 2.25 bits per heavy atom. The Morgan fingerprint density at radius 1 is 1.45 bits per heavy atom. The maximum absolute atomic E-state index is 13.6. The largest absolute Gasteiger partial charge is 0.491 e. The molecule has 1 heterocycles. The minimum Gasteiger partial charge on any atom is -0.491 e. The number of hydrogen-bond donors (Lipinski definition) is 2. The Labute approximate surface area is 115 Å². The van der Waals surface area contributed by atoms with Crippen LogP contribution >= 0.6 is 0 Å². The van der Waals surface area contributed by atoms with E-state index >= 15 is 0 Å². The summed E-state index contributed by atoms with van der Waals surface area (Å²) in [5.74, 6) is -1.54. The summed E-state index contributed by atoms with van der Waals surface area (Å²) in [5, 5.41) is 11.8. The lowest BCUT2D eigenvalue weighted by atomic mass is 10.2. The number of furan rings is 1. The summed E-state index contributed by atoms with van der Waals surface area (Å²) in [4.78, 5) is 10.9. The predicted octanol–water partition coefficient (Wildman–Crippen LogP) is 3.13. The van der Waals surface area contributed by atoms with E-state index in [2.05, 4.69) is 5.32 Å². The molecule has 0 fully saturated rings. The van der Waals surface area contributed by atoms with Gasteiger partial charge in [0, 0.05) is 23.9 Å². The van der Waals surface area contributed by atoms with E-state index in [9.17, 15) is 9.18 Å². The Morgan fingerprint density at radius 3 is 2.90 bits per heavy atom. The maximum Gasteiger partial charge on any atom is 0.372 e. The maximum atomic E-state index is 13.6. The van der Waals surface area contributed by atoms with Crippen LogP contribution in [-0.2, 0) is 6.54 Å². The highest BCUT2D eigenvalue weighted by atomic mass is 19.1. The van der Waals surface area contributed by atoms with Crippen molar-refractivity contribution in [3.8, 4) is 5.75 Å². The number of aromatic carboxylic acids is 1. The van der Waals surface area contributed by atoms with Crippen molar-refractivity contribution in [2.24, 2.45) is 0 Å². The van der Waals surface area contributed by atoms with Gasteiger partial charge in [-0.05, 0) is 25.1 Å². The van der Waals surface area contributed by atoms with Gasteiger partial charge in [-0.25, -0.2) is 9.18 Å². The van der Waals surface area contributed by atoms with Crippen LogP contribution in [0.1, 0.15) is 23.0 Å². The summed E-state index contributed by atoms with van der Waals surface area (Å²) in [6, 6.07) is 6.04. The molecule has 0 spiro atoms. The lowest BCUT2D eigenvalue weighted by Crippen LogP contribution is -2.05. The molecule has 0 bridgehead atoms. The number of anilines is 1. The van der Waals surface area contributed by atoms with Gasteiger partial charge in [-0.1, -0.05) is 0 Å². The third-order valence-corrected chi connectivity index (χ3v) is 2.66. The number of nitrogens with one attached hydrogen (secondary N) is 1. The number of carboxylic acid groups (broad SMARTS) is 1. The second-order valence-electron chi connectivity index (χ2n) is 4.01. The van der Waals surface area contributed by atoms with Crippen LogP contribution in [-0.4, -0.2) is 17.7 Å². The molecule has 1 aromatic heterocycles. The summed E-state index contributed by atoms with van der Waals surface area (Å²) in [6.07, 6.45) is 1.30. The quantitative estimate of drug-likeness (QED) is 0.850. The summed E-state index contributed by atoms with van der Waals surface area (Å²) in [7, 11) is 0. The fraction of sp³-hybridized carbons (Fsp3) is 0.214. The van der Waals surface area contributed by atoms with Gasteiger partial charge < -0.3 is 19.6 Å². The minimum atomic E-state index is -1.13. The first-order valence-electron chi connectivity index (χ1n) is 6.07. The van der Waals surface area contributed by atoms with Crippen molar-refractivity contribution in [1.29, 1.82) is 0 Å². The molecular formula is C14H14FNO4. The fourth-order valence-corrected chi connectivity index (χ4v) is 1.74.